The molecule has 0 spiro atoms. The number of hydrogen-bond donors (Lipinski definition) is 1. The summed E-state index contributed by atoms with van der Waals surface area (Å²) in [5.74, 6) is -0.295. The summed E-state index contributed by atoms with van der Waals surface area (Å²) in [6.07, 6.45) is 15.3. The number of nitrogens with one attached hydrogen (secondary N) is 1. The van der Waals surface area contributed by atoms with Crippen LogP contribution in [0.2, 0.25) is 0 Å². The summed E-state index contributed by atoms with van der Waals surface area (Å²) >= 11 is 0. The molecule has 0 aromatic rings. The minimum atomic E-state index is -0.295. The van der Waals surface area contributed by atoms with Gasteiger partial charge in [0.25, 0.3) is 0 Å². The summed E-state index contributed by atoms with van der Waals surface area (Å²) in [6.45, 7) is 11.1. The number of carbonyl (C=O) groups excluding carboxylic acids is 1. The highest BCUT2D eigenvalue weighted by Gasteiger charge is 1.99. The second-order valence-electron chi connectivity index (χ2n) is 7.06. The molecule has 0 aliphatic rings. The zero-order valence-electron chi connectivity index (χ0n) is 17.6. The Labute approximate surface area is 175 Å². The highest BCUT2D eigenvalue weighted by atomic mass is 127. The molecule has 0 aliphatic heterocycles. The number of quaternary nitrogens is 1. The third-order valence-electron chi connectivity index (χ3n) is 3.82. The van der Waals surface area contributed by atoms with Crippen LogP contribution in [-0.4, -0.2) is 33.2 Å². The van der Waals surface area contributed by atoms with Crippen molar-refractivity contribution in [3.05, 3.63) is 12.2 Å². The maximum atomic E-state index is 10.6. The van der Waals surface area contributed by atoms with E-state index in [9.17, 15) is 4.79 Å². The van der Waals surface area contributed by atoms with E-state index in [1.165, 1.54) is 70.8 Å². The third-order valence-corrected chi connectivity index (χ3v) is 3.82. The van der Waals surface area contributed by atoms with Crippen molar-refractivity contribution in [1.82, 2.24) is 0 Å². The lowest BCUT2D eigenvalue weighted by atomic mass is 10.1. The highest BCUT2D eigenvalue weighted by Crippen LogP contribution is 2.09. The monoisotopic (exact) mass is 469 g/mol. The van der Waals surface area contributed by atoms with Crippen molar-refractivity contribution in [3.63, 3.8) is 0 Å². The van der Waals surface area contributed by atoms with Gasteiger partial charge in [0.2, 0.25) is 0 Å². The molecule has 0 atom stereocenters. The Balaban J connectivity index is -0.000000418. The first kappa shape index (κ1) is 29.7. The van der Waals surface area contributed by atoms with Gasteiger partial charge in [0.15, 0.2) is 0 Å². The molecule has 4 heteroatoms. The molecule has 0 fully saturated rings. The van der Waals surface area contributed by atoms with Crippen LogP contribution in [0.15, 0.2) is 12.2 Å². The maximum Gasteiger partial charge on any atom is 0.333 e. The number of esters is 1. The molecule has 152 valence electrons. The van der Waals surface area contributed by atoms with Crippen molar-refractivity contribution >= 4 is 5.97 Å². The molecule has 0 aromatic carbocycles. The number of hydrogen-bond acceptors (Lipinski definition) is 2. The highest BCUT2D eigenvalue weighted by molar-refractivity contribution is 5.86. The van der Waals surface area contributed by atoms with Crippen LogP contribution < -0.4 is 28.9 Å². The second kappa shape index (κ2) is 23.9. The van der Waals surface area contributed by atoms with Gasteiger partial charge in [-0.05, 0) is 26.2 Å². The van der Waals surface area contributed by atoms with Crippen LogP contribution in [0, 0.1) is 0 Å². The Morgan fingerprint density at radius 1 is 0.840 bits per heavy atom. The van der Waals surface area contributed by atoms with Gasteiger partial charge in [-0.3, -0.25) is 0 Å². The largest absolute Gasteiger partial charge is 1.00 e. The Morgan fingerprint density at radius 2 is 1.28 bits per heavy atom. The normalized spacial score (nSPS) is 9.84. The van der Waals surface area contributed by atoms with E-state index in [-0.39, 0.29) is 29.9 Å². The minimum Gasteiger partial charge on any atom is -1.00 e. The average molecular weight is 469 g/mol. The fraction of sp³-hybridized carbons (Fsp3) is 0.857. The van der Waals surface area contributed by atoms with Gasteiger partial charge in [-0.25, -0.2) is 4.79 Å². The third kappa shape index (κ3) is 28.9. The number of unbranched alkanes of at least 4 members (excludes halogenated alkanes) is 9. The van der Waals surface area contributed by atoms with Gasteiger partial charge in [0.1, 0.15) is 0 Å². The molecule has 3 nitrogen and oxygen atoms in total. The van der Waals surface area contributed by atoms with E-state index in [2.05, 4.69) is 27.6 Å². The summed E-state index contributed by atoms with van der Waals surface area (Å²) < 4.78 is 4.71. The first-order chi connectivity index (χ1) is 11.5. The Hall–Kier alpha value is -0.100. The van der Waals surface area contributed by atoms with Crippen molar-refractivity contribution in [3.8, 4) is 0 Å². The molecule has 25 heavy (non-hydrogen) atoms. The van der Waals surface area contributed by atoms with E-state index < -0.39 is 0 Å². The van der Waals surface area contributed by atoms with Gasteiger partial charge >= 0.3 is 5.97 Å². The second-order valence-corrected chi connectivity index (χ2v) is 7.06. The zero-order chi connectivity index (χ0) is 18.6. The van der Waals surface area contributed by atoms with E-state index in [1.54, 1.807) is 11.8 Å². The lowest BCUT2D eigenvalue weighted by Gasteiger charge is -2.06. The summed E-state index contributed by atoms with van der Waals surface area (Å²) in [7, 11) is 4.49. The number of carbonyl (C=O) groups is 1. The van der Waals surface area contributed by atoms with E-state index in [0.717, 1.165) is 6.42 Å². The number of halogens is 1. The van der Waals surface area contributed by atoms with E-state index in [1.807, 2.05) is 6.92 Å². The van der Waals surface area contributed by atoms with Crippen molar-refractivity contribution in [2.24, 2.45) is 0 Å². The lowest BCUT2D eigenvalue weighted by molar-refractivity contribution is -0.858. The van der Waals surface area contributed by atoms with Crippen LogP contribution in [0.1, 0.15) is 91.4 Å². The fourth-order valence-electron chi connectivity index (χ4n) is 2.28. The minimum absolute atomic E-state index is 0. The zero-order valence-corrected chi connectivity index (χ0v) is 19.8. The van der Waals surface area contributed by atoms with E-state index in [0.29, 0.717) is 12.2 Å². The van der Waals surface area contributed by atoms with Crippen molar-refractivity contribution in [1.29, 1.82) is 0 Å². The summed E-state index contributed by atoms with van der Waals surface area (Å²) in [5.41, 5.74) is 0.462. The molecule has 1 N–H and O–H groups in total. The first-order valence-electron chi connectivity index (χ1n) is 10.1. The quantitative estimate of drug-likeness (QED) is 0.181. The summed E-state index contributed by atoms with van der Waals surface area (Å²) in [6, 6.07) is 0. The molecule has 0 saturated heterocycles. The van der Waals surface area contributed by atoms with Crippen LogP contribution in [-0.2, 0) is 9.53 Å². The molecule has 0 aliphatic carbocycles. The van der Waals surface area contributed by atoms with Gasteiger partial charge in [-0.15, -0.1) is 0 Å². The number of rotatable bonds is 14. The predicted molar refractivity (Wildman–Crippen MR) is 106 cm³/mol. The molecule has 0 bridgehead atoms. The molecular formula is C21H44INO2. The van der Waals surface area contributed by atoms with Gasteiger partial charge in [-0.2, -0.15) is 0 Å². The van der Waals surface area contributed by atoms with Crippen molar-refractivity contribution in [2.45, 2.75) is 91.4 Å². The topological polar surface area (TPSA) is 30.7 Å². The van der Waals surface area contributed by atoms with E-state index in [4.69, 9.17) is 4.74 Å². The van der Waals surface area contributed by atoms with Gasteiger partial charge in [-0.1, -0.05) is 71.8 Å². The number of ether oxygens (including phenoxy) is 1. The summed E-state index contributed by atoms with van der Waals surface area (Å²) in [4.78, 5) is 12.2. The van der Waals surface area contributed by atoms with Crippen molar-refractivity contribution in [2.75, 3.05) is 27.2 Å². The summed E-state index contributed by atoms with van der Waals surface area (Å²) in [5, 5.41) is 0. The van der Waals surface area contributed by atoms with Crippen LogP contribution in [0.5, 0.6) is 0 Å². The molecule has 0 heterocycles. The Kier molecular flexibility index (Phi) is 28.4. The molecule has 0 aromatic heterocycles. The Morgan fingerprint density at radius 3 is 1.64 bits per heavy atom. The van der Waals surface area contributed by atoms with Crippen LogP contribution in [0.3, 0.4) is 0 Å². The SMILES string of the molecule is C=C(C)C(=O)OCCC.CCCCCCCCCCCC[NH+](C)C.[I-]. The lowest BCUT2D eigenvalue weighted by Crippen LogP contribution is -3.05. The standard InChI is InChI=1S/C14H31N.C7H12O2.HI/c1-4-5-6-7-8-9-10-11-12-13-14-15(2)3;1-4-5-9-7(8)6(2)3;/h4-14H2,1-3H3;2,4-5H2,1,3H3;1H. The van der Waals surface area contributed by atoms with Crippen LogP contribution in [0.25, 0.3) is 0 Å². The van der Waals surface area contributed by atoms with Crippen LogP contribution >= 0.6 is 0 Å². The molecule has 0 radical (unpaired) electrons. The fourth-order valence-corrected chi connectivity index (χ4v) is 2.28. The molecular weight excluding hydrogens is 425 g/mol. The molecule has 0 unspecified atom stereocenters. The van der Waals surface area contributed by atoms with Gasteiger partial charge in [0.05, 0.1) is 27.2 Å². The first-order valence-corrected chi connectivity index (χ1v) is 10.1. The smallest absolute Gasteiger partial charge is 0.333 e. The van der Waals surface area contributed by atoms with Gasteiger partial charge < -0.3 is 33.6 Å². The average Bonchev–Trinajstić information content (AvgIpc) is 2.54. The maximum absolute atomic E-state index is 10.6. The predicted octanol–water partition coefficient (Wildman–Crippen LogP) is 1.57. The molecule has 0 rings (SSSR count). The van der Waals surface area contributed by atoms with E-state index >= 15 is 0 Å². The van der Waals surface area contributed by atoms with Crippen molar-refractivity contribution < 1.29 is 38.4 Å². The Bertz CT molecular complexity index is 294. The van der Waals surface area contributed by atoms with Crippen LogP contribution in [0.4, 0.5) is 0 Å². The molecule has 0 amide bonds. The van der Waals surface area contributed by atoms with Gasteiger partial charge in [0, 0.05) is 5.57 Å². The molecule has 0 saturated carbocycles.